The summed E-state index contributed by atoms with van der Waals surface area (Å²) in [6, 6.07) is 21.9. The Balaban J connectivity index is 1.60. The van der Waals surface area contributed by atoms with Crippen molar-refractivity contribution in [2.24, 2.45) is 0 Å². The molecule has 1 amide bonds. The highest BCUT2D eigenvalue weighted by Gasteiger charge is 2.45. The van der Waals surface area contributed by atoms with Crippen molar-refractivity contribution in [3.63, 3.8) is 0 Å². The fraction of sp³-hybridized carbons (Fsp3) is 0.194. The van der Waals surface area contributed by atoms with E-state index in [9.17, 15) is 14.7 Å². The van der Waals surface area contributed by atoms with E-state index in [2.05, 4.69) is 25.8 Å². The monoisotopic (exact) mass is 524 g/mol. The van der Waals surface area contributed by atoms with Crippen molar-refractivity contribution in [3.8, 4) is 5.75 Å². The number of rotatable bonds is 6. The Labute approximate surface area is 225 Å². The Morgan fingerprint density at radius 1 is 1.05 bits per heavy atom. The smallest absolute Gasteiger partial charge is 0.296 e. The standard InChI is InChI=1S/C31H28N2O4S/c1-31(2,3)21-13-11-20(12-14-21)27-26(24(34)17-10-19-8-6-5-7-9-19)28(35)29(36)33(27)30-32-23-16-15-22(37-4)18-25(23)38-30/h5-18,27,35H,1-4H3. The van der Waals surface area contributed by atoms with Crippen LogP contribution < -0.4 is 9.64 Å². The number of nitrogens with zero attached hydrogens (tertiary/aromatic N) is 2. The largest absolute Gasteiger partial charge is 0.503 e. The lowest BCUT2D eigenvalue weighted by Crippen LogP contribution is -2.30. The zero-order valence-corrected chi connectivity index (χ0v) is 22.5. The maximum absolute atomic E-state index is 13.5. The predicted molar refractivity (Wildman–Crippen MR) is 152 cm³/mol. The van der Waals surface area contributed by atoms with Gasteiger partial charge in [-0.1, -0.05) is 92.8 Å². The Kier molecular flexibility index (Phi) is 6.63. The average Bonchev–Trinajstić information content (AvgIpc) is 3.45. The molecule has 5 rings (SSSR count). The van der Waals surface area contributed by atoms with Crippen LogP contribution in [0.2, 0.25) is 0 Å². The second-order valence-electron chi connectivity index (χ2n) is 10.2. The lowest BCUT2D eigenvalue weighted by atomic mass is 9.85. The van der Waals surface area contributed by atoms with Gasteiger partial charge in [0.05, 0.1) is 28.9 Å². The van der Waals surface area contributed by atoms with Gasteiger partial charge in [0.15, 0.2) is 16.7 Å². The van der Waals surface area contributed by atoms with Crippen LogP contribution in [0.3, 0.4) is 0 Å². The highest BCUT2D eigenvalue weighted by atomic mass is 32.1. The summed E-state index contributed by atoms with van der Waals surface area (Å²) in [5.74, 6) is -0.973. The van der Waals surface area contributed by atoms with Gasteiger partial charge in [0.1, 0.15) is 5.75 Å². The lowest BCUT2D eigenvalue weighted by Gasteiger charge is -2.25. The molecule has 1 aliphatic rings. The second kappa shape index (κ2) is 9.91. The number of allylic oxidation sites excluding steroid dienone is 1. The zero-order chi connectivity index (χ0) is 27.0. The molecule has 2 heterocycles. The molecule has 0 spiro atoms. The van der Waals surface area contributed by atoms with Crippen molar-refractivity contribution in [3.05, 3.63) is 107 Å². The number of anilines is 1. The van der Waals surface area contributed by atoms with E-state index in [1.165, 1.54) is 22.3 Å². The van der Waals surface area contributed by atoms with Crippen LogP contribution >= 0.6 is 11.3 Å². The van der Waals surface area contributed by atoms with Crippen LogP contribution in [0.5, 0.6) is 5.75 Å². The van der Waals surface area contributed by atoms with Gasteiger partial charge in [-0.05, 0) is 46.4 Å². The van der Waals surface area contributed by atoms with Crippen molar-refractivity contribution >= 4 is 44.5 Å². The second-order valence-corrected chi connectivity index (χ2v) is 11.2. The molecule has 0 aliphatic carbocycles. The minimum Gasteiger partial charge on any atom is -0.503 e. The van der Waals surface area contributed by atoms with Gasteiger partial charge in [0.2, 0.25) is 0 Å². The number of carbonyl (C=O) groups excluding carboxylic acids is 2. The molecule has 6 nitrogen and oxygen atoms in total. The summed E-state index contributed by atoms with van der Waals surface area (Å²) in [5, 5.41) is 11.4. The fourth-order valence-electron chi connectivity index (χ4n) is 4.48. The Bertz CT molecular complexity index is 1580. The van der Waals surface area contributed by atoms with Crippen molar-refractivity contribution in [1.82, 2.24) is 4.98 Å². The molecular formula is C31H28N2O4S. The first-order valence-corrected chi connectivity index (χ1v) is 13.1. The van der Waals surface area contributed by atoms with Crippen molar-refractivity contribution in [1.29, 1.82) is 0 Å². The third-order valence-electron chi connectivity index (χ3n) is 6.58. The Hall–Kier alpha value is -4.23. The van der Waals surface area contributed by atoms with Gasteiger partial charge in [0, 0.05) is 0 Å². The number of hydrogen-bond donors (Lipinski definition) is 1. The fourth-order valence-corrected chi connectivity index (χ4v) is 5.50. The van der Waals surface area contributed by atoms with Crippen molar-refractivity contribution in [2.45, 2.75) is 32.2 Å². The summed E-state index contributed by atoms with van der Waals surface area (Å²) in [7, 11) is 1.59. The topological polar surface area (TPSA) is 79.7 Å². The van der Waals surface area contributed by atoms with Crippen LogP contribution in [0.15, 0.2) is 90.2 Å². The van der Waals surface area contributed by atoms with Crippen molar-refractivity contribution < 1.29 is 19.4 Å². The number of ketones is 1. The van der Waals surface area contributed by atoms with Crippen LogP contribution in [-0.2, 0) is 15.0 Å². The molecule has 4 aromatic rings. The molecule has 1 atom stereocenters. The summed E-state index contributed by atoms with van der Waals surface area (Å²) >= 11 is 1.31. The number of methoxy groups -OCH3 is 1. The number of benzene rings is 3. The molecule has 1 aromatic heterocycles. The maximum atomic E-state index is 13.5. The predicted octanol–water partition coefficient (Wildman–Crippen LogP) is 6.78. The third kappa shape index (κ3) is 4.73. The molecular weight excluding hydrogens is 496 g/mol. The van der Waals surface area contributed by atoms with E-state index < -0.39 is 23.5 Å². The summed E-state index contributed by atoms with van der Waals surface area (Å²) in [5.41, 5.74) is 3.34. The molecule has 3 aromatic carbocycles. The SMILES string of the molecule is COc1ccc2nc(N3C(=O)C(O)=C(C(=O)C=Cc4ccccc4)C3c3ccc(C(C)(C)C)cc3)sc2c1. The number of carbonyl (C=O) groups is 2. The summed E-state index contributed by atoms with van der Waals surface area (Å²) in [4.78, 5) is 33.1. The van der Waals surface area contributed by atoms with Gasteiger partial charge in [-0.15, -0.1) is 0 Å². The van der Waals surface area contributed by atoms with E-state index in [1.54, 1.807) is 19.3 Å². The number of aliphatic hydroxyl groups excluding tert-OH is 1. The van der Waals surface area contributed by atoms with Gasteiger partial charge < -0.3 is 9.84 Å². The quantitative estimate of drug-likeness (QED) is 0.281. The van der Waals surface area contributed by atoms with E-state index in [1.807, 2.05) is 66.7 Å². The van der Waals surface area contributed by atoms with E-state index in [-0.39, 0.29) is 11.0 Å². The highest BCUT2D eigenvalue weighted by molar-refractivity contribution is 7.22. The summed E-state index contributed by atoms with van der Waals surface area (Å²) < 4.78 is 6.16. The zero-order valence-electron chi connectivity index (χ0n) is 21.6. The number of hydrogen-bond acceptors (Lipinski definition) is 6. The molecule has 1 N–H and O–H groups in total. The number of fused-ring (bicyclic) bond motifs is 1. The molecule has 192 valence electrons. The first-order chi connectivity index (χ1) is 18.2. The maximum Gasteiger partial charge on any atom is 0.296 e. The van der Waals surface area contributed by atoms with Gasteiger partial charge >= 0.3 is 0 Å². The molecule has 0 radical (unpaired) electrons. The molecule has 7 heteroatoms. The third-order valence-corrected chi connectivity index (χ3v) is 7.60. The van der Waals surface area contributed by atoms with Crippen LogP contribution in [-0.4, -0.2) is 28.9 Å². The van der Waals surface area contributed by atoms with Crippen LogP contribution in [0.25, 0.3) is 16.3 Å². The average molecular weight is 525 g/mol. The van der Waals surface area contributed by atoms with Crippen LogP contribution in [0.1, 0.15) is 43.5 Å². The van der Waals surface area contributed by atoms with Crippen LogP contribution in [0.4, 0.5) is 5.13 Å². The van der Waals surface area contributed by atoms with Gasteiger partial charge in [-0.3, -0.25) is 14.5 Å². The van der Waals surface area contributed by atoms with E-state index in [0.29, 0.717) is 22.0 Å². The highest BCUT2D eigenvalue weighted by Crippen LogP contribution is 2.44. The van der Waals surface area contributed by atoms with Gasteiger partial charge in [0.25, 0.3) is 5.91 Å². The number of aliphatic hydroxyl groups is 1. The first kappa shape index (κ1) is 25.4. The van der Waals surface area contributed by atoms with E-state index in [0.717, 1.165) is 15.8 Å². The summed E-state index contributed by atoms with van der Waals surface area (Å²) in [6.07, 6.45) is 3.08. The molecule has 0 bridgehead atoms. The minimum atomic E-state index is -0.827. The number of ether oxygens (including phenoxy) is 1. The normalized spacial score (nSPS) is 16.2. The molecule has 0 fully saturated rings. The Morgan fingerprint density at radius 2 is 1.76 bits per heavy atom. The summed E-state index contributed by atoms with van der Waals surface area (Å²) in [6.45, 7) is 6.37. The van der Waals surface area contributed by atoms with Gasteiger partial charge in [-0.2, -0.15) is 0 Å². The van der Waals surface area contributed by atoms with E-state index >= 15 is 0 Å². The van der Waals surface area contributed by atoms with Crippen LogP contribution in [0, 0.1) is 0 Å². The molecule has 38 heavy (non-hydrogen) atoms. The lowest BCUT2D eigenvalue weighted by molar-refractivity contribution is -0.117. The number of aromatic nitrogens is 1. The minimum absolute atomic E-state index is 0.0301. The Morgan fingerprint density at radius 3 is 2.42 bits per heavy atom. The van der Waals surface area contributed by atoms with Gasteiger partial charge in [-0.25, -0.2) is 4.98 Å². The van der Waals surface area contributed by atoms with E-state index in [4.69, 9.17) is 4.74 Å². The number of thiazole rings is 1. The molecule has 0 saturated heterocycles. The van der Waals surface area contributed by atoms with Crippen molar-refractivity contribution in [2.75, 3.05) is 12.0 Å². The molecule has 0 saturated carbocycles. The first-order valence-electron chi connectivity index (χ1n) is 12.3. The number of amides is 1. The molecule has 1 aliphatic heterocycles. The molecule has 1 unspecified atom stereocenters.